The molecule has 176 valence electrons. The molecule has 0 spiro atoms. The number of aromatic nitrogens is 2. The molecule has 0 saturated heterocycles. The highest BCUT2D eigenvalue weighted by Gasteiger charge is 2.23. The fourth-order valence-electron chi connectivity index (χ4n) is 3.78. The number of hydrogen-bond acceptors (Lipinski definition) is 5. The number of nitrogens with zero attached hydrogens (tertiary/aromatic N) is 2. The van der Waals surface area contributed by atoms with Crippen LogP contribution in [0.2, 0.25) is 0 Å². The van der Waals surface area contributed by atoms with Crippen molar-refractivity contribution in [2.24, 2.45) is 5.14 Å². The third kappa shape index (κ3) is 5.16. The minimum absolute atomic E-state index is 0.0108. The van der Waals surface area contributed by atoms with E-state index in [1.807, 2.05) is 79.1 Å². The number of sulfonamides is 1. The number of carbonyl (C=O) groups is 1. The topological polar surface area (TPSA) is 107 Å². The van der Waals surface area contributed by atoms with Gasteiger partial charge >= 0.3 is 0 Å². The van der Waals surface area contributed by atoms with Gasteiger partial charge in [0.15, 0.2) is 5.16 Å². The third-order valence-corrected chi connectivity index (χ3v) is 7.53. The molecule has 1 amide bonds. The van der Waals surface area contributed by atoms with Crippen LogP contribution in [0.25, 0.3) is 11.0 Å². The molecule has 1 aromatic heterocycles. The fraction of sp³-hybridized carbons (Fsp3) is 0.200. The average molecular weight is 495 g/mol. The van der Waals surface area contributed by atoms with Gasteiger partial charge in [0.05, 0.1) is 27.2 Å². The Morgan fingerprint density at radius 2 is 1.62 bits per heavy atom. The summed E-state index contributed by atoms with van der Waals surface area (Å²) < 4.78 is 25.4. The molecule has 0 bridgehead atoms. The van der Waals surface area contributed by atoms with Crippen molar-refractivity contribution in [3.8, 4) is 0 Å². The Bertz CT molecular complexity index is 1360. The highest BCUT2D eigenvalue weighted by Crippen LogP contribution is 2.30. The lowest BCUT2D eigenvalue weighted by Gasteiger charge is -2.22. The molecule has 0 aliphatic carbocycles. The minimum Gasteiger partial charge on any atom is -0.344 e. The zero-order valence-corrected chi connectivity index (χ0v) is 20.5. The van der Waals surface area contributed by atoms with Crippen molar-refractivity contribution in [2.75, 3.05) is 0 Å². The minimum atomic E-state index is -3.83. The molecule has 1 heterocycles. The van der Waals surface area contributed by atoms with Gasteiger partial charge in [0, 0.05) is 6.54 Å². The van der Waals surface area contributed by atoms with E-state index in [2.05, 4.69) is 10.3 Å². The summed E-state index contributed by atoms with van der Waals surface area (Å²) >= 11 is 1.33. The molecule has 3 aromatic carbocycles. The first-order valence-electron chi connectivity index (χ1n) is 10.9. The summed E-state index contributed by atoms with van der Waals surface area (Å²) in [5, 5.41) is 8.65. The molecule has 34 heavy (non-hydrogen) atoms. The van der Waals surface area contributed by atoms with E-state index in [1.165, 1.54) is 23.9 Å². The van der Waals surface area contributed by atoms with E-state index in [-0.39, 0.29) is 16.8 Å². The maximum atomic E-state index is 13.2. The molecule has 1 atom stereocenters. The van der Waals surface area contributed by atoms with Crippen molar-refractivity contribution in [3.63, 3.8) is 0 Å². The number of hydrogen-bond donors (Lipinski definition) is 2. The van der Waals surface area contributed by atoms with Gasteiger partial charge in [-0.2, -0.15) is 0 Å². The smallest absolute Gasteiger partial charge is 0.238 e. The van der Waals surface area contributed by atoms with E-state index >= 15 is 0 Å². The van der Waals surface area contributed by atoms with E-state index in [1.54, 1.807) is 6.07 Å². The lowest BCUT2D eigenvalue weighted by Crippen LogP contribution is -2.35. The quantitative estimate of drug-likeness (QED) is 0.359. The van der Waals surface area contributed by atoms with Gasteiger partial charge in [-0.3, -0.25) is 4.79 Å². The summed E-state index contributed by atoms with van der Waals surface area (Å²) in [5.41, 5.74) is 3.30. The summed E-state index contributed by atoms with van der Waals surface area (Å²) in [4.78, 5) is 17.9. The maximum Gasteiger partial charge on any atom is 0.238 e. The lowest BCUT2D eigenvalue weighted by atomic mass is 9.98. The summed E-state index contributed by atoms with van der Waals surface area (Å²) in [6, 6.07) is 24.0. The summed E-state index contributed by atoms with van der Waals surface area (Å²) in [6.07, 6.45) is 0. The van der Waals surface area contributed by atoms with Crippen LogP contribution >= 0.6 is 11.8 Å². The number of benzene rings is 3. The van der Waals surface area contributed by atoms with Crippen LogP contribution in [0.4, 0.5) is 0 Å². The molecule has 7 nitrogen and oxygen atoms in total. The number of thioether (sulfide) groups is 1. The second kappa shape index (κ2) is 10.0. The van der Waals surface area contributed by atoms with Crippen LogP contribution in [0, 0.1) is 0 Å². The molecule has 4 aromatic rings. The second-order valence-electron chi connectivity index (χ2n) is 7.86. The molecule has 0 radical (unpaired) electrons. The summed E-state index contributed by atoms with van der Waals surface area (Å²) in [7, 11) is -3.83. The van der Waals surface area contributed by atoms with Crippen LogP contribution in [-0.4, -0.2) is 29.1 Å². The van der Waals surface area contributed by atoms with Gasteiger partial charge in [0.1, 0.15) is 0 Å². The van der Waals surface area contributed by atoms with Crippen molar-refractivity contribution in [3.05, 3.63) is 90.0 Å². The summed E-state index contributed by atoms with van der Waals surface area (Å²) in [6.45, 7) is 4.44. The average Bonchev–Trinajstić information content (AvgIpc) is 3.19. The standard InChI is InChI=1S/C25H26N4O3S2/c1-3-29-22-15-14-20(34(26,31)32)16-21(22)27-25(29)33-17(2)24(30)28-23(18-10-6-4-7-11-18)19-12-8-5-9-13-19/h4-17,23H,3H2,1-2H3,(H,28,30)(H2,26,31,32)/t17-/m0/s1. The normalized spacial score (nSPS) is 12.7. The van der Waals surface area contributed by atoms with Crippen molar-refractivity contribution in [1.82, 2.24) is 14.9 Å². The number of aryl methyl sites for hydroxylation is 1. The van der Waals surface area contributed by atoms with Crippen LogP contribution < -0.4 is 10.5 Å². The Morgan fingerprint density at radius 1 is 1.03 bits per heavy atom. The molecule has 4 rings (SSSR count). The molecule has 0 fully saturated rings. The number of nitrogens with two attached hydrogens (primary N) is 1. The van der Waals surface area contributed by atoms with Crippen molar-refractivity contribution >= 4 is 38.7 Å². The Morgan fingerprint density at radius 3 is 2.15 bits per heavy atom. The summed E-state index contributed by atoms with van der Waals surface area (Å²) in [5.74, 6) is -0.123. The first kappa shape index (κ1) is 24.0. The highest BCUT2D eigenvalue weighted by molar-refractivity contribution is 8.00. The first-order chi connectivity index (χ1) is 16.3. The van der Waals surface area contributed by atoms with Crippen molar-refractivity contribution in [2.45, 2.75) is 41.7 Å². The van der Waals surface area contributed by atoms with Gasteiger partial charge in [0.25, 0.3) is 0 Å². The van der Waals surface area contributed by atoms with Gasteiger partial charge in [-0.05, 0) is 43.2 Å². The van der Waals surface area contributed by atoms with Crippen molar-refractivity contribution < 1.29 is 13.2 Å². The number of carbonyl (C=O) groups excluding carboxylic acids is 1. The van der Waals surface area contributed by atoms with E-state index in [0.717, 1.165) is 16.6 Å². The van der Waals surface area contributed by atoms with Crippen LogP contribution in [0.15, 0.2) is 88.9 Å². The molecule has 0 aliphatic heterocycles. The number of fused-ring (bicyclic) bond motifs is 1. The maximum absolute atomic E-state index is 13.2. The van der Waals surface area contributed by atoms with Gasteiger partial charge in [-0.25, -0.2) is 18.5 Å². The Hall–Kier alpha value is -3.14. The Balaban J connectivity index is 1.59. The molecular formula is C25H26N4O3S2. The monoisotopic (exact) mass is 494 g/mol. The van der Waals surface area contributed by atoms with E-state index in [9.17, 15) is 13.2 Å². The zero-order chi connectivity index (χ0) is 24.3. The highest BCUT2D eigenvalue weighted by atomic mass is 32.2. The van der Waals surface area contributed by atoms with Gasteiger partial charge in [-0.1, -0.05) is 72.4 Å². The third-order valence-electron chi connectivity index (χ3n) is 5.53. The second-order valence-corrected chi connectivity index (χ2v) is 10.7. The predicted molar refractivity (Wildman–Crippen MR) is 135 cm³/mol. The number of imidazole rings is 1. The Kier molecular flexibility index (Phi) is 7.06. The van der Waals surface area contributed by atoms with Crippen molar-refractivity contribution in [1.29, 1.82) is 0 Å². The lowest BCUT2D eigenvalue weighted by molar-refractivity contribution is -0.120. The van der Waals surface area contributed by atoms with Gasteiger partial charge in [-0.15, -0.1) is 0 Å². The van der Waals surface area contributed by atoms with Gasteiger partial charge in [0.2, 0.25) is 15.9 Å². The molecule has 0 unspecified atom stereocenters. The van der Waals surface area contributed by atoms with Crippen LogP contribution in [-0.2, 0) is 21.4 Å². The SMILES string of the molecule is CCn1c(S[C@@H](C)C(=O)NC(c2ccccc2)c2ccccc2)nc2cc(S(N)(=O)=O)ccc21. The molecule has 0 aliphatic rings. The molecule has 0 saturated carbocycles. The van der Waals surface area contributed by atoms with Crippen LogP contribution in [0.3, 0.4) is 0 Å². The first-order valence-corrected chi connectivity index (χ1v) is 13.3. The molecular weight excluding hydrogens is 468 g/mol. The van der Waals surface area contributed by atoms with E-state index in [0.29, 0.717) is 17.2 Å². The molecule has 9 heteroatoms. The number of nitrogens with one attached hydrogen (secondary N) is 1. The predicted octanol–water partition coefficient (Wildman–Crippen LogP) is 4.09. The molecule has 3 N–H and O–H groups in total. The number of primary sulfonamides is 1. The van der Waals surface area contributed by atoms with Gasteiger partial charge < -0.3 is 9.88 Å². The zero-order valence-electron chi connectivity index (χ0n) is 18.9. The fourth-order valence-corrected chi connectivity index (χ4v) is 5.31. The Labute approximate surface area is 203 Å². The van der Waals surface area contributed by atoms with Crippen LogP contribution in [0.1, 0.15) is 31.0 Å². The van der Waals surface area contributed by atoms with Crippen LogP contribution in [0.5, 0.6) is 0 Å². The largest absolute Gasteiger partial charge is 0.344 e. The number of rotatable bonds is 8. The van der Waals surface area contributed by atoms with E-state index in [4.69, 9.17) is 5.14 Å². The van der Waals surface area contributed by atoms with E-state index < -0.39 is 15.3 Å². The number of amides is 1.